The molecule has 1 aromatic rings. The van der Waals surface area contributed by atoms with E-state index in [1.807, 2.05) is 0 Å². The third kappa shape index (κ3) is 2.22. The molecule has 0 radical (unpaired) electrons. The van der Waals surface area contributed by atoms with Gasteiger partial charge in [-0.3, -0.25) is 9.59 Å². The quantitative estimate of drug-likeness (QED) is 0.452. The Morgan fingerprint density at radius 3 is 2.59 bits per heavy atom. The molecule has 0 aliphatic carbocycles. The molecule has 5 heteroatoms. The molecule has 0 N–H and O–H groups in total. The number of hydrogen-bond acceptors (Lipinski definition) is 5. The zero-order valence-corrected chi connectivity index (χ0v) is 9.61. The summed E-state index contributed by atoms with van der Waals surface area (Å²) >= 11 is 0. The van der Waals surface area contributed by atoms with Gasteiger partial charge in [0.1, 0.15) is 6.42 Å². The van der Waals surface area contributed by atoms with Crippen molar-refractivity contribution in [3.63, 3.8) is 0 Å². The van der Waals surface area contributed by atoms with Crippen LogP contribution >= 0.6 is 0 Å². The van der Waals surface area contributed by atoms with Crippen LogP contribution in [0, 0.1) is 6.92 Å². The predicted molar refractivity (Wildman–Crippen MR) is 58.3 cm³/mol. The van der Waals surface area contributed by atoms with Crippen molar-refractivity contribution in [2.45, 2.75) is 13.3 Å². The Kier molecular flexibility index (Phi) is 2.99. The van der Waals surface area contributed by atoms with E-state index in [1.54, 1.807) is 19.1 Å². The van der Waals surface area contributed by atoms with Crippen LogP contribution in [0.25, 0.3) is 0 Å². The Morgan fingerprint density at radius 2 is 1.94 bits per heavy atom. The van der Waals surface area contributed by atoms with Crippen molar-refractivity contribution in [3.8, 4) is 11.5 Å². The van der Waals surface area contributed by atoms with Crippen LogP contribution in [-0.4, -0.2) is 25.7 Å². The first-order valence-electron chi connectivity index (χ1n) is 5.12. The highest BCUT2D eigenvalue weighted by Crippen LogP contribution is 2.34. The SMILES string of the molecule is COC(=O)CC(=O)c1cc2c(cc1C)OCO2. The number of benzene rings is 1. The van der Waals surface area contributed by atoms with Gasteiger partial charge in [0.05, 0.1) is 7.11 Å². The van der Waals surface area contributed by atoms with Crippen LogP contribution in [0.4, 0.5) is 0 Å². The van der Waals surface area contributed by atoms with E-state index < -0.39 is 5.97 Å². The fourth-order valence-electron chi connectivity index (χ4n) is 1.64. The smallest absolute Gasteiger partial charge is 0.313 e. The van der Waals surface area contributed by atoms with E-state index in [9.17, 15) is 9.59 Å². The summed E-state index contributed by atoms with van der Waals surface area (Å²) in [5.41, 5.74) is 1.21. The lowest BCUT2D eigenvalue weighted by Crippen LogP contribution is -2.10. The number of carbonyl (C=O) groups is 2. The fourth-order valence-corrected chi connectivity index (χ4v) is 1.64. The second kappa shape index (κ2) is 4.45. The number of rotatable bonds is 3. The van der Waals surface area contributed by atoms with Crippen molar-refractivity contribution in [1.29, 1.82) is 0 Å². The van der Waals surface area contributed by atoms with Crippen LogP contribution in [0.3, 0.4) is 0 Å². The van der Waals surface area contributed by atoms with Crippen molar-refractivity contribution >= 4 is 11.8 Å². The molecule has 5 nitrogen and oxygen atoms in total. The number of methoxy groups -OCH3 is 1. The Hall–Kier alpha value is -2.04. The molecule has 0 aromatic heterocycles. The molecule has 0 unspecified atom stereocenters. The van der Waals surface area contributed by atoms with Gasteiger partial charge in [0.15, 0.2) is 17.3 Å². The highest BCUT2D eigenvalue weighted by atomic mass is 16.7. The summed E-state index contributed by atoms with van der Waals surface area (Å²) < 4.78 is 14.8. The van der Waals surface area contributed by atoms with Crippen LogP contribution in [0.5, 0.6) is 11.5 Å². The molecule has 0 amide bonds. The fraction of sp³-hybridized carbons (Fsp3) is 0.333. The van der Waals surface area contributed by atoms with Gasteiger partial charge >= 0.3 is 5.97 Å². The lowest BCUT2D eigenvalue weighted by atomic mass is 10.0. The lowest BCUT2D eigenvalue weighted by Gasteiger charge is -2.06. The number of ether oxygens (including phenoxy) is 3. The molecule has 0 fully saturated rings. The van der Waals surface area contributed by atoms with Gasteiger partial charge in [-0.15, -0.1) is 0 Å². The molecular weight excluding hydrogens is 224 g/mol. The lowest BCUT2D eigenvalue weighted by molar-refractivity contribution is -0.139. The van der Waals surface area contributed by atoms with E-state index in [1.165, 1.54) is 7.11 Å². The van der Waals surface area contributed by atoms with Crippen molar-refractivity contribution in [3.05, 3.63) is 23.3 Å². The summed E-state index contributed by atoms with van der Waals surface area (Å²) in [4.78, 5) is 22.9. The average Bonchev–Trinajstić information content (AvgIpc) is 2.74. The summed E-state index contributed by atoms with van der Waals surface area (Å²) in [7, 11) is 1.25. The van der Waals surface area contributed by atoms with Crippen LogP contribution in [0.15, 0.2) is 12.1 Å². The maximum absolute atomic E-state index is 11.8. The van der Waals surface area contributed by atoms with Gasteiger partial charge in [-0.05, 0) is 24.6 Å². The molecule has 1 heterocycles. The second-order valence-corrected chi connectivity index (χ2v) is 3.70. The van der Waals surface area contributed by atoms with E-state index in [0.29, 0.717) is 17.1 Å². The average molecular weight is 236 g/mol. The zero-order chi connectivity index (χ0) is 12.4. The topological polar surface area (TPSA) is 61.8 Å². The van der Waals surface area contributed by atoms with Crippen LogP contribution in [0.1, 0.15) is 22.3 Å². The number of esters is 1. The van der Waals surface area contributed by atoms with Crippen molar-refractivity contribution in [2.75, 3.05) is 13.9 Å². The monoisotopic (exact) mass is 236 g/mol. The molecule has 1 aromatic carbocycles. The number of fused-ring (bicyclic) bond motifs is 1. The summed E-state index contributed by atoms with van der Waals surface area (Å²) in [5, 5.41) is 0. The van der Waals surface area contributed by atoms with Crippen LogP contribution in [-0.2, 0) is 9.53 Å². The third-order valence-electron chi connectivity index (χ3n) is 2.55. The minimum Gasteiger partial charge on any atom is -0.469 e. The van der Waals surface area contributed by atoms with Crippen molar-refractivity contribution in [2.24, 2.45) is 0 Å². The summed E-state index contributed by atoms with van der Waals surface area (Å²) in [6, 6.07) is 3.33. The first-order valence-corrected chi connectivity index (χ1v) is 5.12. The third-order valence-corrected chi connectivity index (χ3v) is 2.55. The number of aryl methyl sites for hydroxylation is 1. The number of Topliss-reactive ketones (excluding diaryl/α,β-unsaturated/α-hetero) is 1. The van der Waals surface area contributed by atoms with Crippen LogP contribution in [0.2, 0.25) is 0 Å². The maximum atomic E-state index is 11.8. The summed E-state index contributed by atoms with van der Waals surface area (Å²) in [5.74, 6) is 0.320. The number of carbonyl (C=O) groups excluding carboxylic acids is 2. The van der Waals surface area contributed by atoms with Gasteiger partial charge in [-0.25, -0.2) is 0 Å². The van der Waals surface area contributed by atoms with Gasteiger partial charge in [0.25, 0.3) is 0 Å². The van der Waals surface area contributed by atoms with Crippen molar-refractivity contribution in [1.82, 2.24) is 0 Å². The van der Waals surface area contributed by atoms with Gasteiger partial charge in [-0.2, -0.15) is 0 Å². The van der Waals surface area contributed by atoms with Gasteiger partial charge in [0.2, 0.25) is 6.79 Å². The second-order valence-electron chi connectivity index (χ2n) is 3.70. The van der Waals surface area contributed by atoms with E-state index in [2.05, 4.69) is 4.74 Å². The van der Waals surface area contributed by atoms with E-state index in [0.717, 1.165) is 5.56 Å². The molecule has 0 saturated heterocycles. The standard InChI is InChI=1S/C12H12O5/c1-7-3-10-11(17-6-16-10)4-8(7)9(13)5-12(14)15-2/h3-4H,5-6H2,1-2H3. The Morgan fingerprint density at radius 1 is 1.29 bits per heavy atom. The van der Waals surface area contributed by atoms with Gasteiger partial charge in [-0.1, -0.05) is 0 Å². The Balaban J connectivity index is 2.26. The van der Waals surface area contributed by atoms with E-state index >= 15 is 0 Å². The first-order chi connectivity index (χ1) is 8.11. The minimum absolute atomic E-state index is 0.156. The summed E-state index contributed by atoms with van der Waals surface area (Å²) in [6.07, 6.45) is -0.267. The normalized spacial score (nSPS) is 12.4. The summed E-state index contributed by atoms with van der Waals surface area (Å²) in [6.45, 7) is 1.94. The maximum Gasteiger partial charge on any atom is 0.313 e. The Labute approximate surface area is 98.3 Å². The molecule has 17 heavy (non-hydrogen) atoms. The van der Waals surface area contributed by atoms with Crippen molar-refractivity contribution < 1.29 is 23.8 Å². The molecule has 0 spiro atoms. The largest absolute Gasteiger partial charge is 0.469 e. The van der Waals surface area contributed by atoms with E-state index in [-0.39, 0.29) is 19.0 Å². The molecule has 1 aliphatic heterocycles. The molecule has 1 aliphatic rings. The number of hydrogen-bond donors (Lipinski definition) is 0. The highest BCUT2D eigenvalue weighted by Gasteiger charge is 2.20. The minimum atomic E-state index is -0.549. The predicted octanol–water partition coefficient (Wildman–Crippen LogP) is 1.47. The molecule has 90 valence electrons. The highest BCUT2D eigenvalue weighted by molar-refractivity contribution is 6.07. The molecular formula is C12H12O5. The molecule has 2 rings (SSSR count). The molecule has 0 bridgehead atoms. The zero-order valence-electron chi connectivity index (χ0n) is 9.61. The molecule has 0 atom stereocenters. The first kappa shape index (κ1) is 11.4. The van der Waals surface area contributed by atoms with Gasteiger partial charge in [0, 0.05) is 5.56 Å². The molecule has 0 saturated carbocycles. The number of ketones is 1. The van der Waals surface area contributed by atoms with Crippen LogP contribution < -0.4 is 9.47 Å². The van der Waals surface area contributed by atoms with E-state index in [4.69, 9.17) is 9.47 Å². The van der Waals surface area contributed by atoms with Gasteiger partial charge < -0.3 is 14.2 Å². The Bertz CT molecular complexity index is 478.